The van der Waals surface area contributed by atoms with Gasteiger partial charge in [0, 0.05) is 5.92 Å². The second-order valence-corrected chi connectivity index (χ2v) is 6.39. The van der Waals surface area contributed by atoms with Crippen LogP contribution in [0.15, 0.2) is 23.2 Å². The van der Waals surface area contributed by atoms with Crippen LogP contribution < -0.4 is 0 Å². The average Bonchev–Trinajstić information content (AvgIpc) is 2.82. The van der Waals surface area contributed by atoms with E-state index in [0.29, 0.717) is 17.4 Å². The molecule has 1 atom stereocenters. The van der Waals surface area contributed by atoms with Gasteiger partial charge in [0.25, 0.3) is 0 Å². The van der Waals surface area contributed by atoms with E-state index >= 15 is 0 Å². The highest BCUT2D eigenvalue weighted by Crippen LogP contribution is 2.46. The molecule has 0 saturated heterocycles. The Balaban J connectivity index is 1.92. The van der Waals surface area contributed by atoms with E-state index in [1.165, 1.54) is 44.8 Å². The second-order valence-electron chi connectivity index (χ2n) is 5.58. The van der Waals surface area contributed by atoms with Gasteiger partial charge in [0.2, 0.25) is 0 Å². The van der Waals surface area contributed by atoms with Gasteiger partial charge in [-0.05, 0) is 52.4 Å². The molecule has 1 saturated carbocycles. The summed E-state index contributed by atoms with van der Waals surface area (Å²) >= 11 is 3.63. The molecule has 20 heavy (non-hydrogen) atoms. The van der Waals surface area contributed by atoms with Gasteiger partial charge in [0.1, 0.15) is 0 Å². The second kappa shape index (κ2) is 5.68. The number of ether oxygens (including phenoxy) is 1. The molecule has 106 valence electrons. The fourth-order valence-corrected chi connectivity index (χ4v) is 4.19. The Morgan fingerprint density at radius 3 is 2.75 bits per heavy atom. The third-order valence-electron chi connectivity index (χ3n) is 4.39. The number of hydrogen-bond acceptors (Lipinski definition) is 3. The quantitative estimate of drug-likeness (QED) is 0.742. The molecule has 0 spiro atoms. The molecule has 1 aliphatic carbocycles. The summed E-state index contributed by atoms with van der Waals surface area (Å²) in [7, 11) is 1.40. The zero-order valence-corrected chi connectivity index (χ0v) is 13.1. The molecular formula is C16H18BrNO2. The van der Waals surface area contributed by atoms with Gasteiger partial charge in [-0.2, -0.15) is 0 Å². The first-order chi connectivity index (χ1) is 9.70. The molecule has 1 aliphatic heterocycles. The van der Waals surface area contributed by atoms with Gasteiger partial charge in [0.15, 0.2) is 0 Å². The minimum Gasteiger partial charge on any atom is -0.465 e. The summed E-state index contributed by atoms with van der Waals surface area (Å²) in [4.78, 5) is 16.2. The van der Waals surface area contributed by atoms with Crippen molar-refractivity contribution < 1.29 is 9.53 Å². The first kappa shape index (κ1) is 13.8. The topological polar surface area (TPSA) is 38.7 Å². The number of hydrogen-bond donors (Lipinski definition) is 0. The van der Waals surface area contributed by atoms with E-state index in [-0.39, 0.29) is 5.97 Å². The summed E-state index contributed by atoms with van der Waals surface area (Å²) in [5.74, 6) is 0.740. The lowest BCUT2D eigenvalue weighted by molar-refractivity contribution is 0.0601. The Kier molecular flexibility index (Phi) is 3.92. The summed E-state index contributed by atoms with van der Waals surface area (Å²) in [5, 5.41) is 0. The number of nitrogens with zero attached hydrogens (tertiary/aromatic N) is 1. The first-order valence-electron chi connectivity index (χ1n) is 7.17. The van der Waals surface area contributed by atoms with Gasteiger partial charge >= 0.3 is 5.97 Å². The molecule has 0 aromatic heterocycles. The van der Waals surface area contributed by atoms with Crippen LogP contribution >= 0.6 is 15.9 Å². The van der Waals surface area contributed by atoms with Crippen LogP contribution in [0.5, 0.6) is 0 Å². The van der Waals surface area contributed by atoms with E-state index in [0.717, 1.165) is 10.3 Å². The van der Waals surface area contributed by atoms with Crippen LogP contribution in [0, 0.1) is 5.92 Å². The van der Waals surface area contributed by atoms with E-state index < -0.39 is 0 Å². The van der Waals surface area contributed by atoms with Gasteiger partial charge in [-0.15, -0.1) is 0 Å². The lowest BCUT2D eigenvalue weighted by Gasteiger charge is -2.27. The molecule has 3 nitrogen and oxygen atoms in total. The van der Waals surface area contributed by atoms with E-state index in [9.17, 15) is 4.79 Å². The van der Waals surface area contributed by atoms with E-state index in [4.69, 9.17) is 4.74 Å². The zero-order valence-electron chi connectivity index (χ0n) is 11.6. The van der Waals surface area contributed by atoms with Crippen molar-refractivity contribution in [1.82, 2.24) is 0 Å². The number of carbonyl (C=O) groups excluding carboxylic acids is 1. The Morgan fingerprint density at radius 2 is 2.05 bits per heavy atom. The fourth-order valence-electron chi connectivity index (χ4n) is 3.38. The van der Waals surface area contributed by atoms with Crippen LogP contribution in [0.4, 0.5) is 5.69 Å². The summed E-state index contributed by atoms with van der Waals surface area (Å²) in [6.07, 6.45) is 6.53. The Hall–Kier alpha value is -1.16. The first-order valence-corrected chi connectivity index (χ1v) is 7.96. The summed E-state index contributed by atoms with van der Waals surface area (Å²) in [6.45, 7) is 0. The minimum atomic E-state index is -0.305. The maximum Gasteiger partial charge on any atom is 0.337 e. The van der Waals surface area contributed by atoms with Crippen LogP contribution in [0.25, 0.3) is 0 Å². The summed E-state index contributed by atoms with van der Waals surface area (Å²) < 4.78 is 5.78. The highest BCUT2D eigenvalue weighted by molar-refractivity contribution is 9.18. The van der Waals surface area contributed by atoms with Crippen molar-refractivity contribution in [3.8, 4) is 0 Å². The predicted octanol–water partition coefficient (Wildman–Crippen LogP) is 4.58. The van der Waals surface area contributed by atoms with Gasteiger partial charge in [0.05, 0.1) is 23.0 Å². The van der Waals surface area contributed by atoms with Gasteiger partial charge in [-0.1, -0.05) is 25.3 Å². The van der Waals surface area contributed by atoms with Gasteiger partial charge in [-0.3, -0.25) is 0 Å². The molecule has 0 amide bonds. The maximum absolute atomic E-state index is 11.6. The molecule has 0 bridgehead atoms. The van der Waals surface area contributed by atoms with Crippen LogP contribution in [0.3, 0.4) is 0 Å². The molecule has 0 radical (unpaired) electrons. The number of rotatable bonds is 2. The number of aliphatic imine (C=N–C) groups is 1. The molecule has 0 unspecified atom stereocenters. The summed E-state index contributed by atoms with van der Waals surface area (Å²) in [6, 6.07) is 5.73. The predicted molar refractivity (Wildman–Crippen MR) is 83.1 cm³/mol. The molecule has 3 rings (SSSR count). The monoisotopic (exact) mass is 335 g/mol. The van der Waals surface area contributed by atoms with E-state index in [1.54, 1.807) is 0 Å². The third-order valence-corrected chi connectivity index (χ3v) is 5.06. The Bertz CT molecular complexity index is 562. The number of halogens is 1. The van der Waals surface area contributed by atoms with Crippen LogP contribution in [-0.4, -0.2) is 17.7 Å². The van der Waals surface area contributed by atoms with Crippen LogP contribution in [0.1, 0.15) is 53.9 Å². The van der Waals surface area contributed by atoms with Crippen molar-refractivity contribution in [3.63, 3.8) is 0 Å². The number of methoxy groups -OCH3 is 1. The van der Waals surface area contributed by atoms with Crippen LogP contribution in [0.2, 0.25) is 0 Å². The van der Waals surface area contributed by atoms with Gasteiger partial charge in [-0.25, -0.2) is 9.79 Å². The van der Waals surface area contributed by atoms with Crippen molar-refractivity contribution in [2.75, 3.05) is 7.11 Å². The highest BCUT2D eigenvalue weighted by Gasteiger charge is 2.33. The molecule has 1 heterocycles. The van der Waals surface area contributed by atoms with Crippen LogP contribution in [-0.2, 0) is 4.74 Å². The average molecular weight is 336 g/mol. The van der Waals surface area contributed by atoms with Crippen molar-refractivity contribution in [3.05, 3.63) is 29.3 Å². The fraction of sp³-hybridized carbons (Fsp3) is 0.500. The van der Waals surface area contributed by atoms with Gasteiger partial charge < -0.3 is 4.74 Å². The number of benzene rings is 1. The lowest BCUT2D eigenvalue weighted by Crippen LogP contribution is -2.18. The lowest BCUT2D eigenvalue weighted by atomic mass is 9.78. The van der Waals surface area contributed by atoms with Crippen molar-refractivity contribution in [2.24, 2.45) is 10.9 Å². The van der Waals surface area contributed by atoms with Crippen molar-refractivity contribution in [1.29, 1.82) is 0 Å². The number of carbonyl (C=O) groups is 1. The molecule has 1 aromatic rings. The summed E-state index contributed by atoms with van der Waals surface area (Å²) in [5.41, 5.74) is 2.73. The van der Waals surface area contributed by atoms with Crippen molar-refractivity contribution >= 4 is 32.2 Å². The largest absolute Gasteiger partial charge is 0.465 e. The molecular weight excluding hydrogens is 318 g/mol. The Labute approximate surface area is 127 Å². The number of esters is 1. The molecule has 2 aliphatic rings. The molecule has 1 fully saturated rings. The minimum absolute atomic E-state index is 0.305. The molecule has 0 N–H and O–H groups in total. The van der Waals surface area contributed by atoms with E-state index in [2.05, 4.69) is 20.9 Å². The molecule has 1 aromatic carbocycles. The maximum atomic E-state index is 11.6. The third kappa shape index (κ3) is 2.41. The smallest absolute Gasteiger partial charge is 0.337 e. The zero-order chi connectivity index (χ0) is 14.1. The Morgan fingerprint density at radius 1 is 1.30 bits per heavy atom. The number of fused-ring (bicyclic) bond motifs is 1. The highest BCUT2D eigenvalue weighted by atomic mass is 79.9. The standard InChI is InChI=1S/C16H18BrNO2/c1-20-16(19)11-7-8-12-13(9-11)18-15(17)14(12)10-5-3-2-4-6-10/h7-10,14H,2-6H2,1H3/t14-/m0/s1. The normalized spacial score (nSPS) is 22.3. The molecule has 4 heteroatoms. The SMILES string of the molecule is COC(=O)c1ccc2c(c1)N=C(Br)[C@H]2C1CCCCC1. The van der Waals surface area contributed by atoms with Crippen molar-refractivity contribution in [2.45, 2.75) is 38.0 Å². The van der Waals surface area contributed by atoms with E-state index in [1.807, 2.05) is 18.2 Å².